The Kier molecular flexibility index (Phi) is 4.41. The Labute approximate surface area is 181 Å². The van der Waals surface area contributed by atoms with Crippen LogP contribution in [0.2, 0.25) is 5.02 Å². The van der Waals surface area contributed by atoms with Crippen molar-refractivity contribution in [2.75, 3.05) is 0 Å². The summed E-state index contributed by atoms with van der Waals surface area (Å²) in [4.78, 5) is 25.1. The van der Waals surface area contributed by atoms with Crippen molar-refractivity contribution in [3.05, 3.63) is 83.3 Å². The Morgan fingerprint density at radius 1 is 1.03 bits per heavy atom. The fraction of sp³-hybridized carbons (Fsp3) is 0.0435. The zero-order chi connectivity index (χ0) is 21.7. The molecule has 3 aromatic heterocycles. The number of imidazole rings is 1. The standard InChI is InChI=1S/C23H15ClFN5O/c1-12-29-21-15(23(26)31)10-14(13-4-7-27-8-5-13)11-19(21)30(12)18-6-9-28-22-16(24)2-3-17(25)20(18)22/h2-11H,1H3,(H2,26,31). The molecule has 2 N–H and O–H groups in total. The zero-order valence-corrected chi connectivity index (χ0v) is 17.1. The predicted octanol–water partition coefficient (Wildman–Crippen LogP) is 4.84. The monoisotopic (exact) mass is 431 g/mol. The first kappa shape index (κ1) is 19.1. The minimum atomic E-state index is -0.598. The van der Waals surface area contributed by atoms with E-state index in [4.69, 9.17) is 17.3 Å². The quantitative estimate of drug-likeness (QED) is 0.443. The molecule has 0 atom stereocenters. The molecule has 0 radical (unpaired) electrons. The first-order valence-electron chi connectivity index (χ1n) is 9.42. The van der Waals surface area contributed by atoms with Crippen LogP contribution in [0.4, 0.5) is 4.39 Å². The van der Waals surface area contributed by atoms with Crippen LogP contribution in [0.1, 0.15) is 16.2 Å². The van der Waals surface area contributed by atoms with E-state index in [2.05, 4.69) is 15.0 Å². The molecular weight excluding hydrogens is 417 g/mol. The molecule has 0 saturated heterocycles. The third-order valence-corrected chi connectivity index (χ3v) is 5.52. The molecule has 0 bridgehead atoms. The van der Waals surface area contributed by atoms with Gasteiger partial charge in [0.25, 0.3) is 5.91 Å². The van der Waals surface area contributed by atoms with Gasteiger partial charge in [0.1, 0.15) is 17.2 Å². The van der Waals surface area contributed by atoms with Crippen LogP contribution in [0.25, 0.3) is 38.8 Å². The van der Waals surface area contributed by atoms with E-state index in [1.165, 1.54) is 12.1 Å². The number of rotatable bonds is 3. The van der Waals surface area contributed by atoms with Gasteiger partial charge < -0.3 is 5.73 Å². The molecule has 5 aromatic rings. The van der Waals surface area contributed by atoms with Gasteiger partial charge in [-0.1, -0.05) is 11.6 Å². The van der Waals surface area contributed by atoms with E-state index in [-0.39, 0.29) is 10.9 Å². The summed E-state index contributed by atoms with van der Waals surface area (Å²) in [7, 11) is 0. The van der Waals surface area contributed by atoms with Crippen LogP contribution in [0, 0.1) is 12.7 Å². The summed E-state index contributed by atoms with van der Waals surface area (Å²) < 4.78 is 16.7. The van der Waals surface area contributed by atoms with Gasteiger partial charge in [-0.05, 0) is 60.5 Å². The Morgan fingerprint density at radius 2 is 1.81 bits per heavy atom. The van der Waals surface area contributed by atoms with E-state index >= 15 is 0 Å². The van der Waals surface area contributed by atoms with E-state index in [1.807, 2.05) is 18.2 Å². The van der Waals surface area contributed by atoms with Crippen molar-refractivity contribution in [3.63, 3.8) is 0 Å². The molecule has 0 unspecified atom stereocenters. The zero-order valence-electron chi connectivity index (χ0n) is 16.3. The fourth-order valence-electron chi connectivity index (χ4n) is 3.86. The molecule has 0 aliphatic carbocycles. The van der Waals surface area contributed by atoms with Crippen LogP contribution in [-0.2, 0) is 0 Å². The second-order valence-electron chi connectivity index (χ2n) is 7.07. The number of carbonyl (C=O) groups excluding carboxylic acids is 1. The number of carbonyl (C=O) groups is 1. The summed E-state index contributed by atoms with van der Waals surface area (Å²) >= 11 is 6.27. The van der Waals surface area contributed by atoms with Gasteiger partial charge in [0.2, 0.25) is 0 Å². The molecule has 2 aromatic carbocycles. The second-order valence-corrected chi connectivity index (χ2v) is 7.48. The molecule has 31 heavy (non-hydrogen) atoms. The SMILES string of the molecule is Cc1nc2c(C(N)=O)cc(-c3ccncc3)cc2n1-c1ccnc2c(Cl)ccc(F)c12. The van der Waals surface area contributed by atoms with Crippen LogP contribution in [0.5, 0.6) is 0 Å². The highest BCUT2D eigenvalue weighted by atomic mass is 35.5. The number of halogens is 2. The number of amides is 1. The highest BCUT2D eigenvalue weighted by Crippen LogP contribution is 2.34. The summed E-state index contributed by atoms with van der Waals surface area (Å²) in [6, 6.07) is 11.7. The molecular formula is C23H15ClFN5O. The second kappa shape index (κ2) is 7.14. The van der Waals surface area contributed by atoms with Crippen molar-refractivity contribution in [3.8, 4) is 16.8 Å². The normalized spacial score (nSPS) is 11.3. The van der Waals surface area contributed by atoms with Crippen molar-refractivity contribution in [2.45, 2.75) is 6.92 Å². The maximum Gasteiger partial charge on any atom is 0.250 e. The molecule has 1 amide bonds. The van der Waals surface area contributed by atoms with Gasteiger partial charge in [0, 0.05) is 18.6 Å². The van der Waals surface area contributed by atoms with E-state index in [1.54, 1.807) is 42.2 Å². The van der Waals surface area contributed by atoms with Gasteiger partial charge >= 0.3 is 0 Å². The summed E-state index contributed by atoms with van der Waals surface area (Å²) in [5.74, 6) is -0.486. The van der Waals surface area contributed by atoms with Crippen molar-refractivity contribution in [1.29, 1.82) is 0 Å². The van der Waals surface area contributed by atoms with Crippen LogP contribution in [0.15, 0.2) is 61.1 Å². The Hall–Kier alpha value is -3.84. The molecule has 0 aliphatic rings. The molecule has 152 valence electrons. The lowest BCUT2D eigenvalue weighted by atomic mass is 10.0. The number of benzene rings is 2. The Balaban J connectivity index is 1.91. The molecule has 0 aliphatic heterocycles. The van der Waals surface area contributed by atoms with Crippen LogP contribution in [-0.4, -0.2) is 25.4 Å². The number of hydrogen-bond donors (Lipinski definition) is 1. The fourth-order valence-corrected chi connectivity index (χ4v) is 4.07. The van der Waals surface area contributed by atoms with Crippen molar-refractivity contribution >= 4 is 39.4 Å². The van der Waals surface area contributed by atoms with Gasteiger partial charge in [0.05, 0.1) is 32.7 Å². The summed E-state index contributed by atoms with van der Waals surface area (Å²) in [6.45, 7) is 1.78. The summed E-state index contributed by atoms with van der Waals surface area (Å²) in [6.07, 6.45) is 4.90. The van der Waals surface area contributed by atoms with E-state index < -0.39 is 11.7 Å². The van der Waals surface area contributed by atoms with Crippen LogP contribution < -0.4 is 5.73 Å². The minimum Gasteiger partial charge on any atom is -0.366 e. The minimum absolute atomic E-state index is 0.271. The number of hydrogen-bond acceptors (Lipinski definition) is 4. The summed E-state index contributed by atoms with van der Waals surface area (Å²) in [5, 5.41) is 0.614. The first-order chi connectivity index (χ1) is 15.0. The maximum atomic E-state index is 14.9. The Morgan fingerprint density at radius 3 is 2.55 bits per heavy atom. The van der Waals surface area contributed by atoms with Gasteiger partial charge in [-0.3, -0.25) is 19.3 Å². The number of fused-ring (bicyclic) bond motifs is 2. The lowest BCUT2D eigenvalue weighted by Gasteiger charge is -2.13. The molecule has 0 spiro atoms. The smallest absolute Gasteiger partial charge is 0.250 e. The number of aromatic nitrogens is 4. The maximum absolute atomic E-state index is 14.9. The van der Waals surface area contributed by atoms with Gasteiger partial charge in [-0.15, -0.1) is 0 Å². The first-order valence-corrected chi connectivity index (χ1v) is 9.80. The van der Waals surface area contributed by atoms with Crippen molar-refractivity contribution < 1.29 is 9.18 Å². The number of nitrogens with two attached hydrogens (primary N) is 1. The van der Waals surface area contributed by atoms with Gasteiger partial charge in [-0.2, -0.15) is 0 Å². The van der Waals surface area contributed by atoms with Crippen LogP contribution in [0.3, 0.4) is 0 Å². The Bertz CT molecular complexity index is 1500. The molecule has 0 fully saturated rings. The van der Waals surface area contributed by atoms with E-state index in [0.29, 0.717) is 33.1 Å². The van der Waals surface area contributed by atoms with E-state index in [0.717, 1.165) is 11.1 Å². The molecule has 0 saturated carbocycles. The molecule has 8 heteroatoms. The molecule has 3 heterocycles. The summed E-state index contributed by atoms with van der Waals surface area (Å²) in [5.41, 5.74) is 9.50. The van der Waals surface area contributed by atoms with Gasteiger partial charge in [-0.25, -0.2) is 9.37 Å². The van der Waals surface area contributed by atoms with Gasteiger partial charge in [0.15, 0.2) is 0 Å². The predicted molar refractivity (Wildman–Crippen MR) is 118 cm³/mol. The lowest BCUT2D eigenvalue weighted by Crippen LogP contribution is -2.12. The van der Waals surface area contributed by atoms with Crippen LogP contribution >= 0.6 is 11.6 Å². The molecule has 6 nitrogen and oxygen atoms in total. The number of nitrogens with zero attached hydrogens (tertiary/aromatic N) is 4. The number of primary amides is 1. The number of aryl methyl sites for hydroxylation is 1. The van der Waals surface area contributed by atoms with Crippen molar-refractivity contribution in [1.82, 2.24) is 19.5 Å². The van der Waals surface area contributed by atoms with E-state index in [9.17, 15) is 9.18 Å². The largest absolute Gasteiger partial charge is 0.366 e. The highest BCUT2D eigenvalue weighted by molar-refractivity contribution is 6.35. The topological polar surface area (TPSA) is 86.7 Å². The lowest BCUT2D eigenvalue weighted by molar-refractivity contribution is 0.100. The average molecular weight is 432 g/mol. The highest BCUT2D eigenvalue weighted by Gasteiger charge is 2.20. The average Bonchev–Trinajstić information content (AvgIpc) is 3.11. The number of pyridine rings is 2. The van der Waals surface area contributed by atoms with Crippen molar-refractivity contribution in [2.24, 2.45) is 5.73 Å². The molecule has 5 rings (SSSR count). The third-order valence-electron chi connectivity index (χ3n) is 5.22. The third kappa shape index (κ3) is 3.02.